The molecule has 3 rings (SSSR count). The van der Waals surface area contributed by atoms with Crippen LogP contribution in [-0.2, 0) is 25.6 Å². The first-order valence-corrected chi connectivity index (χ1v) is 11.3. The molecule has 0 bridgehead atoms. The zero-order chi connectivity index (χ0) is 26.7. The first-order valence-electron chi connectivity index (χ1n) is 11.3. The van der Waals surface area contributed by atoms with E-state index in [-0.39, 0.29) is 23.2 Å². The first kappa shape index (κ1) is 26.7. The molecule has 2 aromatic carbocycles. The molecule has 2 unspecified atom stereocenters. The highest BCUT2D eigenvalue weighted by atomic mass is 19.4. The smallest absolute Gasteiger partial charge is 0.326 e. The van der Waals surface area contributed by atoms with Gasteiger partial charge in [-0.25, -0.2) is 0 Å². The summed E-state index contributed by atoms with van der Waals surface area (Å²) in [5, 5.41) is 2.19. The second-order valence-corrected chi connectivity index (χ2v) is 8.44. The van der Waals surface area contributed by atoms with Crippen molar-refractivity contribution >= 4 is 29.2 Å². The quantitative estimate of drug-likeness (QED) is 0.628. The largest absolute Gasteiger partial charge is 0.454 e. The van der Waals surface area contributed by atoms with E-state index in [4.69, 9.17) is 0 Å². The monoisotopic (exact) mass is 501 g/mol. The Labute approximate surface area is 206 Å². The summed E-state index contributed by atoms with van der Waals surface area (Å²) in [5.74, 6) is -4.67. The van der Waals surface area contributed by atoms with Crippen LogP contribution in [-0.4, -0.2) is 51.2 Å². The van der Waals surface area contributed by atoms with E-state index in [9.17, 15) is 32.3 Å². The molecule has 2 aromatic rings. The number of hydrogen-bond acceptors (Lipinski definition) is 4. The Balaban J connectivity index is 2.40. The summed E-state index contributed by atoms with van der Waals surface area (Å²) in [6.45, 7) is 3.81. The number of alkyl halides is 3. The fourth-order valence-electron chi connectivity index (χ4n) is 4.39. The van der Waals surface area contributed by atoms with Crippen LogP contribution in [0.25, 0.3) is 5.70 Å². The van der Waals surface area contributed by atoms with Crippen LogP contribution in [0.15, 0.2) is 66.9 Å². The van der Waals surface area contributed by atoms with E-state index in [1.165, 1.54) is 37.4 Å². The lowest BCUT2D eigenvalue weighted by Gasteiger charge is -2.48. The molecule has 0 spiro atoms. The predicted octanol–water partition coefficient (Wildman–Crippen LogP) is 3.66. The summed E-state index contributed by atoms with van der Waals surface area (Å²) in [6, 6.07) is 14.6. The Morgan fingerprint density at radius 3 is 1.97 bits per heavy atom. The van der Waals surface area contributed by atoms with Gasteiger partial charge < -0.3 is 10.2 Å². The van der Waals surface area contributed by atoms with Crippen LogP contribution in [0.3, 0.4) is 0 Å². The van der Waals surface area contributed by atoms with Crippen LogP contribution in [0.1, 0.15) is 38.3 Å². The van der Waals surface area contributed by atoms with Crippen LogP contribution in [0.2, 0.25) is 0 Å². The summed E-state index contributed by atoms with van der Waals surface area (Å²) in [5.41, 5.74) is -2.40. The first-order chi connectivity index (χ1) is 16.9. The van der Waals surface area contributed by atoms with Crippen LogP contribution in [0.4, 0.5) is 13.2 Å². The van der Waals surface area contributed by atoms with E-state index in [0.717, 1.165) is 11.8 Å². The lowest BCUT2D eigenvalue weighted by atomic mass is 9.88. The maximum atomic E-state index is 14.2. The van der Waals surface area contributed by atoms with E-state index in [1.807, 2.05) is 0 Å². The van der Waals surface area contributed by atoms with Crippen molar-refractivity contribution < 1.29 is 32.3 Å². The average Bonchev–Trinajstić information content (AvgIpc) is 2.82. The molecule has 0 aromatic heterocycles. The molecule has 0 saturated heterocycles. The van der Waals surface area contributed by atoms with Crippen LogP contribution in [0, 0.1) is 0 Å². The van der Waals surface area contributed by atoms with E-state index < -0.39 is 47.8 Å². The molecule has 7 nitrogen and oxygen atoms in total. The number of hydrogen-bond donors (Lipinski definition) is 1. The van der Waals surface area contributed by atoms with Crippen molar-refractivity contribution in [1.29, 1.82) is 0 Å². The molecule has 0 fully saturated rings. The van der Waals surface area contributed by atoms with Crippen LogP contribution >= 0.6 is 0 Å². The van der Waals surface area contributed by atoms with Gasteiger partial charge in [-0.1, -0.05) is 67.6 Å². The highest BCUT2D eigenvalue weighted by Crippen LogP contribution is 2.39. The van der Waals surface area contributed by atoms with E-state index in [0.29, 0.717) is 4.90 Å². The molecule has 2 atom stereocenters. The minimum atomic E-state index is -5.40. The zero-order valence-electron chi connectivity index (χ0n) is 20.0. The van der Waals surface area contributed by atoms with Gasteiger partial charge in [-0.2, -0.15) is 13.2 Å². The number of Topliss-reactive ketones (excluding diaryl/α,β-unsaturated/α-hetero) is 1. The van der Waals surface area contributed by atoms with Gasteiger partial charge in [0.1, 0.15) is 6.04 Å². The summed E-state index contributed by atoms with van der Waals surface area (Å²) in [4.78, 5) is 53.7. The highest BCUT2D eigenvalue weighted by Gasteiger charge is 2.60. The maximum Gasteiger partial charge on any atom is 0.454 e. The van der Waals surface area contributed by atoms with Crippen molar-refractivity contribution in [3.63, 3.8) is 0 Å². The average molecular weight is 502 g/mol. The lowest BCUT2D eigenvalue weighted by Crippen LogP contribution is -2.72. The number of carbonyl (C=O) groups is 4. The molecule has 0 saturated carbocycles. The molecule has 10 heteroatoms. The van der Waals surface area contributed by atoms with Crippen molar-refractivity contribution in [1.82, 2.24) is 15.1 Å². The number of rotatable bonds is 7. The molecule has 190 valence electrons. The Kier molecular flexibility index (Phi) is 7.66. The van der Waals surface area contributed by atoms with Crippen LogP contribution < -0.4 is 5.32 Å². The van der Waals surface area contributed by atoms with Crippen molar-refractivity contribution in [2.24, 2.45) is 0 Å². The maximum absolute atomic E-state index is 14.2. The van der Waals surface area contributed by atoms with Gasteiger partial charge in [0.2, 0.25) is 11.8 Å². The third kappa shape index (κ3) is 5.17. The molecular formula is C26H26F3N3O4. The summed E-state index contributed by atoms with van der Waals surface area (Å²) in [6.07, 6.45) is -4.73. The molecule has 1 aliphatic rings. The van der Waals surface area contributed by atoms with Crippen molar-refractivity contribution in [3.05, 3.63) is 78.0 Å². The van der Waals surface area contributed by atoms with E-state index in [1.54, 1.807) is 43.3 Å². The molecule has 0 aliphatic carbocycles. The minimum Gasteiger partial charge on any atom is -0.326 e. The van der Waals surface area contributed by atoms with Crippen molar-refractivity contribution in [2.75, 3.05) is 0 Å². The van der Waals surface area contributed by atoms with Gasteiger partial charge in [0, 0.05) is 26.5 Å². The van der Waals surface area contributed by atoms with Crippen molar-refractivity contribution in [3.8, 4) is 0 Å². The number of carbonyl (C=O) groups excluding carboxylic acids is 4. The molecular weight excluding hydrogens is 475 g/mol. The molecule has 1 heterocycles. The molecule has 1 aliphatic heterocycles. The number of benzene rings is 2. The van der Waals surface area contributed by atoms with Crippen LogP contribution in [0.5, 0.6) is 0 Å². The van der Waals surface area contributed by atoms with E-state index in [2.05, 4.69) is 5.32 Å². The summed E-state index contributed by atoms with van der Waals surface area (Å²) in [7, 11) is 0. The van der Waals surface area contributed by atoms with Gasteiger partial charge >= 0.3 is 6.18 Å². The molecule has 0 radical (unpaired) electrons. The predicted molar refractivity (Wildman–Crippen MR) is 126 cm³/mol. The Morgan fingerprint density at radius 2 is 1.50 bits per heavy atom. The second-order valence-electron chi connectivity index (χ2n) is 8.44. The number of halogens is 3. The molecule has 3 amide bonds. The molecule has 1 N–H and O–H groups in total. The Hall–Kier alpha value is -3.95. The Bertz CT molecular complexity index is 1180. The normalized spacial score (nSPS) is 17.8. The lowest BCUT2D eigenvalue weighted by molar-refractivity contribution is -0.187. The second kappa shape index (κ2) is 10.3. The highest BCUT2D eigenvalue weighted by molar-refractivity contribution is 6.05. The topological polar surface area (TPSA) is 86.8 Å². The Morgan fingerprint density at radius 1 is 0.944 bits per heavy atom. The fourth-order valence-corrected chi connectivity index (χ4v) is 4.39. The minimum absolute atomic E-state index is 0.0647. The summed E-state index contributed by atoms with van der Waals surface area (Å²) >= 11 is 0. The summed E-state index contributed by atoms with van der Waals surface area (Å²) < 4.78 is 42.5. The third-order valence-corrected chi connectivity index (χ3v) is 5.86. The van der Waals surface area contributed by atoms with Gasteiger partial charge in [0.15, 0.2) is 5.66 Å². The third-order valence-electron chi connectivity index (χ3n) is 5.86. The van der Waals surface area contributed by atoms with Gasteiger partial charge in [-0.3, -0.25) is 24.1 Å². The van der Waals surface area contributed by atoms with Gasteiger partial charge in [0.25, 0.3) is 11.7 Å². The SMILES string of the molecule is CCC1C(=O)N(C(Cc2ccccc2)(NC(C)=O)C(=O)C(F)(F)F)C(c2ccccc2)=CN1C(C)=O. The van der Waals surface area contributed by atoms with Gasteiger partial charge in [0.05, 0.1) is 5.70 Å². The zero-order valence-corrected chi connectivity index (χ0v) is 20.0. The number of amides is 3. The number of nitrogens with zero attached hydrogens (tertiary/aromatic N) is 2. The standard InChI is InChI=1S/C26H26F3N3O4/c1-4-21-23(35)32(22(16-31(21)18(3)34)20-13-9-6-10-14-20)25(30-17(2)33,24(36)26(27,28)29)15-19-11-7-5-8-12-19/h5-14,16,21H,4,15H2,1-3H3,(H,30,33). The van der Waals surface area contributed by atoms with Gasteiger partial charge in [-0.05, 0) is 17.5 Å². The number of ketones is 1. The number of nitrogens with one attached hydrogen (secondary N) is 1. The molecule has 36 heavy (non-hydrogen) atoms. The van der Waals surface area contributed by atoms with E-state index >= 15 is 0 Å². The fraction of sp³-hybridized carbons (Fsp3) is 0.308. The van der Waals surface area contributed by atoms with Gasteiger partial charge in [-0.15, -0.1) is 0 Å². The van der Waals surface area contributed by atoms with Crippen molar-refractivity contribution in [2.45, 2.75) is 51.5 Å².